The lowest BCUT2D eigenvalue weighted by molar-refractivity contribution is 0.103. The number of halogens is 1. The van der Waals surface area contributed by atoms with E-state index in [9.17, 15) is 9.18 Å². The number of nitrogens with two attached hydrogens (primary N) is 1. The van der Waals surface area contributed by atoms with E-state index in [1.54, 1.807) is 25.1 Å². The summed E-state index contributed by atoms with van der Waals surface area (Å²) < 4.78 is 24.2. The van der Waals surface area contributed by atoms with Crippen molar-refractivity contribution in [3.05, 3.63) is 52.8 Å². The fraction of sp³-hybridized carbons (Fsp3) is 0.188. The minimum Gasteiger partial charge on any atom is -0.493 e. The van der Waals surface area contributed by atoms with Gasteiger partial charge in [-0.2, -0.15) is 0 Å². The van der Waals surface area contributed by atoms with Crippen LogP contribution in [0.25, 0.3) is 0 Å². The number of ether oxygens (including phenoxy) is 2. The Balaban J connectivity index is 2.50. The summed E-state index contributed by atoms with van der Waals surface area (Å²) in [5.74, 6) is -0.557. The molecule has 0 fully saturated rings. The molecule has 0 saturated carbocycles. The summed E-state index contributed by atoms with van der Waals surface area (Å²) in [4.78, 5) is 12.4. The number of rotatable bonds is 4. The number of carbonyl (C=O) groups is 1. The lowest BCUT2D eigenvalue weighted by Crippen LogP contribution is -2.06. The van der Waals surface area contributed by atoms with Crippen LogP contribution in [-0.4, -0.2) is 20.0 Å². The molecule has 0 amide bonds. The van der Waals surface area contributed by atoms with Crippen LogP contribution in [-0.2, 0) is 0 Å². The SMILES string of the molecule is COc1cc(F)c(C(=O)c2ccc(N)c(C)c2)cc1OC. The molecule has 0 aliphatic rings. The summed E-state index contributed by atoms with van der Waals surface area (Å²) in [7, 11) is 2.83. The van der Waals surface area contributed by atoms with Gasteiger partial charge in [0.15, 0.2) is 17.3 Å². The molecule has 0 saturated heterocycles. The second kappa shape index (κ2) is 5.83. The number of anilines is 1. The molecule has 0 aromatic heterocycles. The number of carbonyl (C=O) groups excluding carboxylic acids is 1. The molecule has 0 heterocycles. The van der Waals surface area contributed by atoms with Gasteiger partial charge in [0.05, 0.1) is 19.8 Å². The predicted octanol–water partition coefficient (Wildman–Crippen LogP) is 2.96. The number of hydrogen-bond acceptors (Lipinski definition) is 4. The van der Waals surface area contributed by atoms with Crippen LogP contribution in [0.5, 0.6) is 11.5 Å². The smallest absolute Gasteiger partial charge is 0.196 e. The van der Waals surface area contributed by atoms with E-state index in [-0.39, 0.29) is 11.3 Å². The maximum atomic E-state index is 14.1. The fourth-order valence-corrected chi connectivity index (χ4v) is 2.00. The molecule has 0 spiro atoms. The Kier molecular flexibility index (Phi) is 4.12. The lowest BCUT2D eigenvalue weighted by atomic mass is 10.00. The van der Waals surface area contributed by atoms with Gasteiger partial charge in [-0.05, 0) is 36.8 Å². The van der Waals surface area contributed by atoms with Crippen molar-refractivity contribution in [2.24, 2.45) is 0 Å². The Morgan fingerprint density at radius 3 is 2.29 bits per heavy atom. The third-order valence-electron chi connectivity index (χ3n) is 3.25. The standard InChI is InChI=1S/C16H16FNO3/c1-9-6-10(4-5-13(9)18)16(19)11-7-14(20-2)15(21-3)8-12(11)17/h4-8H,18H2,1-3H3. The third kappa shape index (κ3) is 2.81. The van der Waals surface area contributed by atoms with Crippen molar-refractivity contribution in [1.29, 1.82) is 0 Å². The summed E-state index contributed by atoms with van der Waals surface area (Å²) in [6.45, 7) is 1.79. The van der Waals surface area contributed by atoms with Gasteiger partial charge in [-0.1, -0.05) is 0 Å². The molecular weight excluding hydrogens is 273 g/mol. The highest BCUT2D eigenvalue weighted by Gasteiger charge is 2.18. The molecule has 2 N–H and O–H groups in total. The monoisotopic (exact) mass is 289 g/mol. The van der Waals surface area contributed by atoms with E-state index >= 15 is 0 Å². The first kappa shape index (κ1) is 14.8. The van der Waals surface area contributed by atoms with E-state index in [1.807, 2.05) is 0 Å². The molecule has 110 valence electrons. The summed E-state index contributed by atoms with van der Waals surface area (Å²) >= 11 is 0. The Morgan fingerprint density at radius 2 is 1.71 bits per heavy atom. The quantitative estimate of drug-likeness (QED) is 0.694. The molecule has 2 aromatic rings. The van der Waals surface area contributed by atoms with Gasteiger partial charge in [-0.15, -0.1) is 0 Å². The Morgan fingerprint density at radius 1 is 1.10 bits per heavy atom. The maximum Gasteiger partial charge on any atom is 0.196 e. The van der Waals surface area contributed by atoms with Crippen molar-refractivity contribution in [2.45, 2.75) is 6.92 Å². The van der Waals surface area contributed by atoms with Crippen LogP contribution in [0.4, 0.5) is 10.1 Å². The zero-order valence-corrected chi connectivity index (χ0v) is 12.1. The van der Waals surface area contributed by atoms with E-state index in [4.69, 9.17) is 15.2 Å². The first-order valence-electron chi connectivity index (χ1n) is 6.30. The average molecular weight is 289 g/mol. The van der Waals surface area contributed by atoms with Crippen LogP contribution >= 0.6 is 0 Å². The first-order chi connectivity index (χ1) is 9.97. The minimum atomic E-state index is -0.660. The average Bonchev–Trinajstić information content (AvgIpc) is 2.49. The van der Waals surface area contributed by atoms with Crippen molar-refractivity contribution in [2.75, 3.05) is 20.0 Å². The molecule has 5 heteroatoms. The molecule has 0 radical (unpaired) electrons. The van der Waals surface area contributed by atoms with Crippen LogP contribution in [0.15, 0.2) is 30.3 Å². The Bertz CT molecular complexity index is 698. The number of methoxy groups -OCH3 is 2. The summed E-state index contributed by atoms with van der Waals surface area (Å²) in [5.41, 5.74) is 7.36. The van der Waals surface area contributed by atoms with Gasteiger partial charge in [0, 0.05) is 17.3 Å². The summed E-state index contributed by atoms with van der Waals surface area (Å²) in [5, 5.41) is 0. The second-order valence-corrected chi connectivity index (χ2v) is 4.59. The van der Waals surface area contributed by atoms with E-state index in [1.165, 1.54) is 20.3 Å². The number of ketones is 1. The van der Waals surface area contributed by atoms with E-state index in [2.05, 4.69) is 0 Å². The molecule has 2 aromatic carbocycles. The zero-order chi connectivity index (χ0) is 15.6. The van der Waals surface area contributed by atoms with Gasteiger partial charge >= 0.3 is 0 Å². The summed E-state index contributed by atoms with van der Waals surface area (Å²) in [6.07, 6.45) is 0. The summed E-state index contributed by atoms with van der Waals surface area (Å²) in [6, 6.07) is 7.30. The molecule has 21 heavy (non-hydrogen) atoms. The highest BCUT2D eigenvalue weighted by Crippen LogP contribution is 2.31. The number of benzene rings is 2. The molecule has 2 rings (SSSR count). The fourth-order valence-electron chi connectivity index (χ4n) is 2.00. The number of nitrogen functional groups attached to an aromatic ring is 1. The van der Waals surface area contributed by atoms with Gasteiger partial charge in [-0.3, -0.25) is 4.79 Å². The highest BCUT2D eigenvalue weighted by molar-refractivity contribution is 6.09. The largest absolute Gasteiger partial charge is 0.493 e. The van der Waals surface area contributed by atoms with Crippen LogP contribution < -0.4 is 15.2 Å². The maximum absolute atomic E-state index is 14.1. The predicted molar refractivity (Wildman–Crippen MR) is 78.5 cm³/mol. The normalized spacial score (nSPS) is 10.3. The van der Waals surface area contributed by atoms with Crippen LogP contribution in [0.3, 0.4) is 0 Å². The van der Waals surface area contributed by atoms with Crippen molar-refractivity contribution in [1.82, 2.24) is 0 Å². The minimum absolute atomic E-state index is 0.0724. The van der Waals surface area contributed by atoms with Crippen LogP contribution in [0.2, 0.25) is 0 Å². The van der Waals surface area contributed by atoms with E-state index < -0.39 is 11.6 Å². The van der Waals surface area contributed by atoms with Crippen LogP contribution in [0, 0.1) is 12.7 Å². The zero-order valence-electron chi connectivity index (χ0n) is 12.1. The van der Waals surface area contributed by atoms with E-state index in [0.29, 0.717) is 17.0 Å². The van der Waals surface area contributed by atoms with Gasteiger partial charge < -0.3 is 15.2 Å². The van der Waals surface area contributed by atoms with Crippen LogP contribution in [0.1, 0.15) is 21.5 Å². The van der Waals surface area contributed by atoms with E-state index in [0.717, 1.165) is 11.6 Å². The molecule has 0 bridgehead atoms. The van der Waals surface area contributed by atoms with Crippen molar-refractivity contribution in [3.8, 4) is 11.5 Å². The van der Waals surface area contributed by atoms with Gasteiger partial charge in [0.25, 0.3) is 0 Å². The van der Waals surface area contributed by atoms with Crippen molar-refractivity contribution in [3.63, 3.8) is 0 Å². The molecule has 0 unspecified atom stereocenters. The molecule has 0 atom stereocenters. The third-order valence-corrected chi connectivity index (χ3v) is 3.25. The van der Waals surface area contributed by atoms with Gasteiger partial charge in [0.2, 0.25) is 0 Å². The Labute approximate surface area is 122 Å². The second-order valence-electron chi connectivity index (χ2n) is 4.59. The van der Waals surface area contributed by atoms with Gasteiger partial charge in [-0.25, -0.2) is 4.39 Å². The topological polar surface area (TPSA) is 61.5 Å². The Hall–Kier alpha value is -2.56. The first-order valence-corrected chi connectivity index (χ1v) is 6.30. The number of hydrogen-bond donors (Lipinski definition) is 1. The van der Waals surface area contributed by atoms with Gasteiger partial charge in [0.1, 0.15) is 5.82 Å². The lowest BCUT2D eigenvalue weighted by Gasteiger charge is -2.11. The molecular formula is C16H16FNO3. The molecule has 0 aliphatic carbocycles. The van der Waals surface area contributed by atoms with Crippen molar-refractivity contribution >= 4 is 11.5 Å². The molecule has 0 aliphatic heterocycles. The van der Waals surface area contributed by atoms with Crippen molar-refractivity contribution < 1.29 is 18.7 Å². The number of aryl methyl sites for hydroxylation is 1. The highest BCUT2D eigenvalue weighted by atomic mass is 19.1. The molecule has 4 nitrogen and oxygen atoms in total.